The molecule has 0 spiro atoms. The number of hydrogen-bond donors (Lipinski definition) is 0. The molecule has 126 valence electrons. The highest BCUT2D eigenvalue weighted by Crippen LogP contribution is 2.32. The highest BCUT2D eigenvalue weighted by Gasteiger charge is 2.36. The normalized spacial score (nSPS) is 15.2. The number of amides is 1. The van der Waals surface area contributed by atoms with Crippen LogP contribution in [0.15, 0.2) is 0 Å². The quantitative estimate of drug-likeness (QED) is 0.613. The molecule has 0 saturated heterocycles. The summed E-state index contributed by atoms with van der Waals surface area (Å²) in [5.41, 5.74) is 2.17. The molecule has 0 N–H and O–H groups in total. The second kappa shape index (κ2) is 6.18. The summed E-state index contributed by atoms with van der Waals surface area (Å²) >= 11 is 0. The van der Waals surface area contributed by atoms with Gasteiger partial charge in [-0.15, -0.1) is 0 Å². The molecular formula is C17H24N2O4. The average Bonchev–Trinajstić information content (AvgIpc) is 3.34. The lowest BCUT2D eigenvalue weighted by atomic mass is 10.00. The largest absolute Gasteiger partial charge is 0.464 e. The number of Topliss-reactive ketones (excluding diaryl/α,β-unsaturated/α-hetero) is 1. The first-order valence-electron chi connectivity index (χ1n) is 7.77. The number of carbonyl (C=O) groups is 3. The predicted molar refractivity (Wildman–Crippen MR) is 85.5 cm³/mol. The highest BCUT2D eigenvalue weighted by atomic mass is 16.5. The molecule has 1 amide bonds. The van der Waals surface area contributed by atoms with Gasteiger partial charge in [0, 0.05) is 31.3 Å². The molecule has 0 aliphatic heterocycles. The van der Waals surface area contributed by atoms with Crippen LogP contribution in [-0.4, -0.2) is 47.3 Å². The molecule has 1 aliphatic carbocycles. The maximum Gasteiger partial charge on any atom is 0.354 e. The van der Waals surface area contributed by atoms with Gasteiger partial charge < -0.3 is 14.2 Å². The number of esters is 1. The minimum atomic E-state index is -0.562. The van der Waals surface area contributed by atoms with Crippen molar-refractivity contribution in [2.45, 2.75) is 39.7 Å². The van der Waals surface area contributed by atoms with Crippen LogP contribution in [0.25, 0.3) is 0 Å². The van der Waals surface area contributed by atoms with Crippen molar-refractivity contribution in [2.75, 3.05) is 14.2 Å². The predicted octanol–water partition coefficient (Wildman–Crippen LogP) is 1.87. The Hall–Kier alpha value is -2.11. The van der Waals surface area contributed by atoms with Crippen molar-refractivity contribution in [3.8, 4) is 0 Å². The Morgan fingerprint density at radius 3 is 2.30 bits per heavy atom. The van der Waals surface area contributed by atoms with Gasteiger partial charge >= 0.3 is 5.97 Å². The minimum absolute atomic E-state index is 0.0188. The number of nitrogens with zero attached hydrogens (tertiary/aromatic N) is 2. The van der Waals surface area contributed by atoms with Gasteiger partial charge in [0.25, 0.3) is 0 Å². The van der Waals surface area contributed by atoms with Gasteiger partial charge in [-0.25, -0.2) is 4.79 Å². The van der Waals surface area contributed by atoms with Crippen LogP contribution < -0.4 is 0 Å². The zero-order valence-electron chi connectivity index (χ0n) is 14.6. The molecule has 1 heterocycles. The Kier molecular flexibility index (Phi) is 4.63. The summed E-state index contributed by atoms with van der Waals surface area (Å²) in [6.07, 6.45) is 1.81. The van der Waals surface area contributed by atoms with Gasteiger partial charge in [0.1, 0.15) is 5.69 Å². The van der Waals surface area contributed by atoms with Crippen LogP contribution in [0.4, 0.5) is 0 Å². The van der Waals surface area contributed by atoms with Crippen molar-refractivity contribution in [2.24, 2.45) is 13.0 Å². The Bertz CT molecular complexity index is 671. The third-order valence-corrected chi connectivity index (χ3v) is 4.79. The van der Waals surface area contributed by atoms with E-state index in [1.54, 1.807) is 39.4 Å². The first-order chi connectivity index (χ1) is 10.7. The van der Waals surface area contributed by atoms with Crippen LogP contribution >= 0.6 is 0 Å². The molecule has 0 bridgehead atoms. The summed E-state index contributed by atoms with van der Waals surface area (Å²) in [6, 6.07) is -0.562. The number of aromatic nitrogens is 1. The summed E-state index contributed by atoms with van der Waals surface area (Å²) in [4.78, 5) is 38.5. The lowest BCUT2D eigenvalue weighted by Gasteiger charge is -2.24. The van der Waals surface area contributed by atoms with Gasteiger partial charge in [-0.2, -0.15) is 0 Å². The molecule has 23 heavy (non-hydrogen) atoms. The van der Waals surface area contributed by atoms with Gasteiger partial charge in [-0.05, 0) is 39.2 Å². The molecule has 2 rings (SSSR count). The number of ketones is 1. The molecule has 6 nitrogen and oxygen atoms in total. The Morgan fingerprint density at radius 1 is 1.26 bits per heavy atom. The molecule has 1 atom stereocenters. The summed E-state index contributed by atoms with van der Waals surface area (Å²) in [7, 11) is 4.71. The van der Waals surface area contributed by atoms with E-state index in [-0.39, 0.29) is 17.6 Å². The van der Waals surface area contributed by atoms with Crippen LogP contribution in [0.3, 0.4) is 0 Å². The SMILES string of the molecule is COC(=O)c1c(C)c(C(=O)C(C)N(C)C(=O)C2CC2)c(C)n1C. The molecule has 1 aromatic rings. The molecule has 1 aromatic heterocycles. The van der Waals surface area contributed by atoms with Crippen LogP contribution in [0, 0.1) is 19.8 Å². The fourth-order valence-corrected chi connectivity index (χ4v) is 2.92. The monoisotopic (exact) mass is 320 g/mol. The topological polar surface area (TPSA) is 68.6 Å². The Balaban J connectivity index is 2.35. The molecule has 6 heteroatoms. The molecule has 1 unspecified atom stereocenters. The van der Waals surface area contributed by atoms with Crippen molar-refractivity contribution >= 4 is 17.7 Å². The first kappa shape index (κ1) is 17.2. The minimum Gasteiger partial charge on any atom is -0.464 e. The maximum absolute atomic E-state index is 12.9. The molecule has 0 aromatic carbocycles. The standard InChI is InChI=1S/C17H24N2O4/c1-9-13(10(2)18(4)14(9)17(22)23-6)15(20)11(3)19(5)16(21)12-7-8-12/h11-12H,7-8H2,1-6H3. The average molecular weight is 320 g/mol. The van der Waals surface area contributed by atoms with Gasteiger partial charge in [0.05, 0.1) is 13.2 Å². The lowest BCUT2D eigenvalue weighted by Crippen LogP contribution is -2.41. The third-order valence-electron chi connectivity index (χ3n) is 4.79. The van der Waals surface area contributed by atoms with E-state index in [0.29, 0.717) is 22.5 Å². The number of hydrogen-bond acceptors (Lipinski definition) is 4. The van der Waals surface area contributed by atoms with Crippen LogP contribution in [0.2, 0.25) is 0 Å². The summed E-state index contributed by atoms with van der Waals surface area (Å²) in [6.45, 7) is 5.26. The lowest BCUT2D eigenvalue weighted by molar-refractivity contribution is -0.132. The number of ether oxygens (including phenoxy) is 1. The fraction of sp³-hybridized carbons (Fsp3) is 0.588. The maximum atomic E-state index is 12.9. The van der Waals surface area contributed by atoms with E-state index in [9.17, 15) is 14.4 Å². The Morgan fingerprint density at radius 2 is 1.83 bits per heavy atom. The second-order valence-corrected chi connectivity index (χ2v) is 6.25. The van der Waals surface area contributed by atoms with Crippen molar-refractivity contribution in [1.29, 1.82) is 0 Å². The number of carbonyl (C=O) groups excluding carboxylic acids is 3. The molecule has 1 aliphatic rings. The number of methoxy groups -OCH3 is 1. The van der Waals surface area contributed by atoms with Gasteiger partial charge in [-0.3, -0.25) is 9.59 Å². The van der Waals surface area contributed by atoms with Gasteiger partial charge in [0.2, 0.25) is 5.91 Å². The Labute approximate surface area is 136 Å². The van der Waals surface area contributed by atoms with Crippen molar-refractivity contribution in [3.05, 3.63) is 22.5 Å². The van der Waals surface area contributed by atoms with E-state index in [1.165, 1.54) is 12.0 Å². The van der Waals surface area contributed by atoms with Crippen LogP contribution in [0.1, 0.15) is 51.9 Å². The van der Waals surface area contributed by atoms with E-state index < -0.39 is 12.0 Å². The number of rotatable bonds is 5. The third kappa shape index (κ3) is 2.90. The molecular weight excluding hydrogens is 296 g/mol. The summed E-state index contributed by atoms with van der Waals surface area (Å²) in [5, 5.41) is 0. The fourth-order valence-electron chi connectivity index (χ4n) is 2.92. The van der Waals surface area contributed by atoms with E-state index >= 15 is 0 Å². The van der Waals surface area contributed by atoms with Crippen molar-refractivity contribution in [1.82, 2.24) is 9.47 Å². The first-order valence-corrected chi connectivity index (χ1v) is 7.77. The van der Waals surface area contributed by atoms with E-state index in [1.807, 2.05) is 0 Å². The highest BCUT2D eigenvalue weighted by molar-refractivity contribution is 6.06. The smallest absolute Gasteiger partial charge is 0.354 e. The number of likely N-dealkylation sites (N-methyl/N-ethyl adjacent to an activating group) is 1. The van der Waals surface area contributed by atoms with Gasteiger partial charge in [-0.1, -0.05) is 0 Å². The van der Waals surface area contributed by atoms with E-state index in [4.69, 9.17) is 4.74 Å². The summed E-state index contributed by atoms with van der Waals surface area (Å²) in [5.74, 6) is -0.534. The van der Waals surface area contributed by atoms with Gasteiger partial charge in [0.15, 0.2) is 5.78 Å². The zero-order valence-corrected chi connectivity index (χ0v) is 14.6. The molecule has 1 fully saturated rings. The second-order valence-electron chi connectivity index (χ2n) is 6.25. The van der Waals surface area contributed by atoms with E-state index in [0.717, 1.165) is 12.8 Å². The van der Waals surface area contributed by atoms with E-state index in [2.05, 4.69) is 0 Å². The molecule has 1 saturated carbocycles. The molecule has 0 radical (unpaired) electrons. The van der Waals surface area contributed by atoms with Crippen LogP contribution in [0.5, 0.6) is 0 Å². The van der Waals surface area contributed by atoms with Crippen LogP contribution in [-0.2, 0) is 16.6 Å². The van der Waals surface area contributed by atoms with Crippen molar-refractivity contribution in [3.63, 3.8) is 0 Å². The zero-order chi connectivity index (χ0) is 17.5. The van der Waals surface area contributed by atoms with Crippen molar-refractivity contribution < 1.29 is 19.1 Å². The summed E-state index contributed by atoms with van der Waals surface area (Å²) < 4.78 is 6.47.